The van der Waals surface area contributed by atoms with Crippen molar-refractivity contribution in [3.05, 3.63) is 24.4 Å². The first-order valence-electron chi connectivity index (χ1n) is 9.49. The number of nitrogens with two attached hydrogens (primary N) is 1. The number of anilines is 2. The molecule has 1 aromatic carbocycles. The zero-order valence-corrected chi connectivity index (χ0v) is 16.5. The summed E-state index contributed by atoms with van der Waals surface area (Å²) >= 11 is 0. The predicted octanol–water partition coefficient (Wildman–Crippen LogP) is 1.73. The van der Waals surface area contributed by atoms with Gasteiger partial charge in [0.05, 0.1) is 12.1 Å². The number of aromatic nitrogens is 2. The Morgan fingerprint density at radius 2 is 2.17 bits per heavy atom. The van der Waals surface area contributed by atoms with E-state index in [1.807, 2.05) is 0 Å². The van der Waals surface area contributed by atoms with Gasteiger partial charge in [0, 0.05) is 31.5 Å². The van der Waals surface area contributed by atoms with Crippen LogP contribution < -0.4 is 20.7 Å². The molecule has 1 saturated heterocycles. The van der Waals surface area contributed by atoms with E-state index < -0.39 is 30.4 Å². The van der Waals surface area contributed by atoms with Gasteiger partial charge in [0.15, 0.2) is 5.82 Å². The maximum absolute atomic E-state index is 13.5. The third-order valence-electron chi connectivity index (χ3n) is 5.25. The van der Waals surface area contributed by atoms with Crippen LogP contribution in [0.5, 0.6) is 5.75 Å². The molecule has 1 aromatic heterocycles. The number of likely N-dealkylation sites (N-methyl/N-ethyl adjacent to an activating group) is 1. The van der Waals surface area contributed by atoms with Crippen molar-refractivity contribution in [3.63, 3.8) is 0 Å². The van der Waals surface area contributed by atoms with E-state index in [0.29, 0.717) is 36.0 Å². The molecule has 3 amide bonds. The molecule has 160 valence electrons. The van der Waals surface area contributed by atoms with Gasteiger partial charge in [-0.3, -0.25) is 9.69 Å². The first-order valence-corrected chi connectivity index (χ1v) is 9.49. The van der Waals surface area contributed by atoms with Crippen molar-refractivity contribution >= 4 is 23.4 Å². The number of halogens is 2. The molecule has 11 heteroatoms. The van der Waals surface area contributed by atoms with Crippen molar-refractivity contribution in [1.29, 1.82) is 0 Å². The van der Waals surface area contributed by atoms with Crippen LogP contribution in [0.3, 0.4) is 0 Å². The number of hydrogen-bond donors (Lipinski definition) is 2. The molecule has 0 radical (unpaired) electrons. The van der Waals surface area contributed by atoms with E-state index in [9.17, 15) is 18.4 Å². The Kier molecular flexibility index (Phi) is 4.96. The quantitative estimate of drug-likeness (QED) is 0.767. The van der Waals surface area contributed by atoms with E-state index in [4.69, 9.17) is 10.5 Å². The number of carbonyl (C=O) groups excluding carboxylic acids is 2. The van der Waals surface area contributed by atoms with E-state index in [1.165, 1.54) is 11.9 Å². The number of alkyl halides is 2. The summed E-state index contributed by atoms with van der Waals surface area (Å²) in [6, 6.07) is 2.93. The number of rotatable bonds is 5. The number of nitrogens with zero attached hydrogens (tertiary/aromatic N) is 4. The number of hydrogen-bond acceptors (Lipinski definition) is 5. The lowest BCUT2D eigenvalue weighted by Crippen LogP contribution is -2.39. The SMILES string of the molecule is CC(Nc1ccc2c(c1)OCCn1cc(N3C(=O)N(C)C[C@H]3C(F)F)nc1-2)C(N)=O. The number of imidazole rings is 1. The lowest BCUT2D eigenvalue weighted by Gasteiger charge is -2.19. The second-order valence-corrected chi connectivity index (χ2v) is 7.38. The van der Waals surface area contributed by atoms with Crippen LogP contribution in [0.4, 0.5) is 25.1 Å². The molecule has 0 bridgehead atoms. The van der Waals surface area contributed by atoms with Crippen LogP contribution in [-0.2, 0) is 11.3 Å². The molecule has 0 aliphatic carbocycles. The third kappa shape index (κ3) is 3.40. The molecule has 3 heterocycles. The minimum atomic E-state index is -2.68. The summed E-state index contributed by atoms with van der Waals surface area (Å²) in [6.07, 6.45) is -1.08. The topological polar surface area (TPSA) is 106 Å². The van der Waals surface area contributed by atoms with Crippen molar-refractivity contribution in [3.8, 4) is 17.1 Å². The first kappa shape index (κ1) is 19.9. The molecular formula is C19H22F2N6O3. The molecule has 3 N–H and O–H groups in total. The number of urea groups is 1. The second-order valence-electron chi connectivity index (χ2n) is 7.38. The van der Waals surface area contributed by atoms with Crippen LogP contribution >= 0.6 is 0 Å². The predicted molar refractivity (Wildman–Crippen MR) is 106 cm³/mol. The van der Waals surface area contributed by atoms with Gasteiger partial charge in [0.2, 0.25) is 5.91 Å². The van der Waals surface area contributed by atoms with E-state index in [2.05, 4.69) is 10.3 Å². The fourth-order valence-electron chi connectivity index (χ4n) is 3.62. The number of fused-ring (bicyclic) bond motifs is 3. The van der Waals surface area contributed by atoms with Gasteiger partial charge in [-0.2, -0.15) is 0 Å². The van der Waals surface area contributed by atoms with E-state index in [1.54, 1.807) is 35.9 Å². The van der Waals surface area contributed by atoms with Gasteiger partial charge in [0.25, 0.3) is 6.43 Å². The largest absolute Gasteiger partial charge is 0.491 e. The standard InChI is InChI=1S/C19H22F2N6O3/c1-10(17(22)28)23-11-3-4-12-14(7-11)30-6-5-26-9-15(24-18(12)26)27-13(16(20)21)8-25(2)19(27)29/h3-4,7,9-10,13,16,23H,5-6,8H2,1-2H3,(H2,22,28)/t10?,13-/m0/s1. The van der Waals surface area contributed by atoms with Gasteiger partial charge in [-0.15, -0.1) is 0 Å². The summed E-state index contributed by atoms with van der Waals surface area (Å²) in [5.74, 6) is 0.743. The Morgan fingerprint density at radius 3 is 2.87 bits per heavy atom. The molecule has 2 aromatic rings. The molecule has 0 spiro atoms. The Balaban J connectivity index is 1.69. The van der Waals surface area contributed by atoms with Gasteiger partial charge < -0.3 is 25.3 Å². The normalized spacial score (nSPS) is 19.2. The van der Waals surface area contributed by atoms with Crippen LogP contribution in [0, 0.1) is 0 Å². The monoisotopic (exact) mass is 420 g/mol. The van der Waals surface area contributed by atoms with Crippen LogP contribution in [-0.4, -0.2) is 65.1 Å². The Bertz CT molecular complexity index is 995. The average Bonchev–Trinajstić information content (AvgIpc) is 3.18. The van der Waals surface area contributed by atoms with Crippen LogP contribution in [0.2, 0.25) is 0 Å². The number of amides is 3. The second kappa shape index (κ2) is 7.47. The molecule has 1 fully saturated rings. The van der Waals surface area contributed by atoms with E-state index >= 15 is 0 Å². The zero-order chi connectivity index (χ0) is 21.6. The van der Waals surface area contributed by atoms with E-state index in [0.717, 1.165) is 4.90 Å². The number of benzene rings is 1. The maximum Gasteiger partial charge on any atom is 0.326 e. The average molecular weight is 420 g/mol. The van der Waals surface area contributed by atoms with Gasteiger partial charge in [-0.25, -0.2) is 18.6 Å². The molecule has 9 nitrogen and oxygen atoms in total. The van der Waals surface area contributed by atoms with Crippen molar-refractivity contribution in [1.82, 2.24) is 14.5 Å². The van der Waals surface area contributed by atoms with Gasteiger partial charge in [-0.1, -0.05) is 0 Å². The maximum atomic E-state index is 13.5. The third-order valence-corrected chi connectivity index (χ3v) is 5.25. The summed E-state index contributed by atoms with van der Waals surface area (Å²) in [5.41, 5.74) is 6.60. The Hall–Kier alpha value is -3.37. The highest BCUT2D eigenvalue weighted by atomic mass is 19.3. The number of ether oxygens (including phenoxy) is 1. The Labute approximate surface area is 171 Å². The first-order chi connectivity index (χ1) is 14.3. The molecule has 30 heavy (non-hydrogen) atoms. The molecule has 1 unspecified atom stereocenters. The number of primary amides is 1. The van der Waals surface area contributed by atoms with Crippen LogP contribution in [0.25, 0.3) is 11.4 Å². The van der Waals surface area contributed by atoms with E-state index in [-0.39, 0.29) is 12.4 Å². The molecule has 0 saturated carbocycles. The van der Waals surface area contributed by atoms with Crippen molar-refractivity contribution in [2.45, 2.75) is 32.0 Å². The summed E-state index contributed by atoms with van der Waals surface area (Å²) in [6.45, 7) is 2.36. The summed E-state index contributed by atoms with van der Waals surface area (Å²) in [4.78, 5) is 30.6. The highest BCUT2D eigenvalue weighted by molar-refractivity contribution is 5.94. The van der Waals surface area contributed by atoms with Crippen molar-refractivity contribution in [2.75, 3.05) is 30.4 Å². The number of nitrogens with one attached hydrogen (secondary N) is 1. The minimum absolute atomic E-state index is 0.0640. The fraction of sp³-hybridized carbons (Fsp3) is 0.421. The number of carbonyl (C=O) groups is 2. The Morgan fingerprint density at radius 1 is 1.40 bits per heavy atom. The molecule has 2 aliphatic rings. The molecule has 2 atom stereocenters. The summed E-state index contributed by atoms with van der Waals surface area (Å²) in [5, 5.41) is 2.99. The lowest BCUT2D eigenvalue weighted by atomic mass is 10.1. The molecule has 2 aliphatic heterocycles. The highest BCUT2D eigenvalue weighted by Crippen LogP contribution is 2.37. The molecular weight excluding hydrogens is 398 g/mol. The van der Waals surface area contributed by atoms with Gasteiger partial charge in [-0.05, 0) is 19.1 Å². The highest BCUT2D eigenvalue weighted by Gasteiger charge is 2.43. The molecule has 4 rings (SSSR count). The van der Waals surface area contributed by atoms with Crippen LogP contribution in [0.1, 0.15) is 6.92 Å². The summed E-state index contributed by atoms with van der Waals surface area (Å²) in [7, 11) is 1.49. The van der Waals surface area contributed by atoms with Crippen molar-refractivity contribution in [2.24, 2.45) is 5.73 Å². The smallest absolute Gasteiger partial charge is 0.326 e. The minimum Gasteiger partial charge on any atom is -0.491 e. The summed E-state index contributed by atoms with van der Waals surface area (Å²) < 4.78 is 34.6. The fourth-order valence-corrected chi connectivity index (χ4v) is 3.62. The van der Waals surface area contributed by atoms with Gasteiger partial charge >= 0.3 is 6.03 Å². The van der Waals surface area contributed by atoms with Gasteiger partial charge in [0.1, 0.15) is 30.3 Å². The zero-order valence-electron chi connectivity index (χ0n) is 16.5. The van der Waals surface area contributed by atoms with Crippen molar-refractivity contribution < 1.29 is 23.1 Å². The lowest BCUT2D eigenvalue weighted by molar-refractivity contribution is -0.118. The van der Waals surface area contributed by atoms with Crippen LogP contribution in [0.15, 0.2) is 24.4 Å².